The highest BCUT2D eigenvalue weighted by molar-refractivity contribution is 7.71. The van der Waals surface area contributed by atoms with Gasteiger partial charge in [-0.2, -0.15) is 5.10 Å². The second kappa shape index (κ2) is 6.22. The highest BCUT2D eigenvalue weighted by Gasteiger charge is 2.29. The first-order valence-corrected chi connectivity index (χ1v) is 8.83. The number of hydrogen-bond acceptors (Lipinski definition) is 5. The summed E-state index contributed by atoms with van der Waals surface area (Å²) < 4.78 is 10.1. The van der Waals surface area contributed by atoms with Crippen LogP contribution in [-0.2, 0) is 19.7 Å². The molecule has 0 saturated heterocycles. The molecule has 1 saturated carbocycles. The molecule has 2 aliphatic rings. The maximum atomic E-state index is 9.60. The fourth-order valence-corrected chi connectivity index (χ4v) is 3.89. The van der Waals surface area contributed by atoms with E-state index in [4.69, 9.17) is 17.0 Å². The molecule has 0 unspecified atom stereocenters. The summed E-state index contributed by atoms with van der Waals surface area (Å²) in [7, 11) is 1.71. The molecule has 0 radical (unpaired) electrons. The predicted molar refractivity (Wildman–Crippen MR) is 93.9 cm³/mol. The summed E-state index contributed by atoms with van der Waals surface area (Å²) in [6.07, 6.45) is 4.40. The van der Waals surface area contributed by atoms with Gasteiger partial charge >= 0.3 is 0 Å². The van der Waals surface area contributed by atoms with Gasteiger partial charge in [-0.25, -0.2) is 4.68 Å². The normalized spacial score (nSPS) is 17.0. The van der Waals surface area contributed by atoms with Gasteiger partial charge in [0.15, 0.2) is 10.6 Å². The molecule has 0 amide bonds. The summed E-state index contributed by atoms with van der Waals surface area (Å²) >= 11 is 5.62. The molecule has 24 heavy (non-hydrogen) atoms. The summed E-state index contributed by atoms with van der Waals surface area (Å²) in [5.41, 5.74) is 2.44. The molecule has 7 heteroatoms. The first kappa shape index (κ1) is 15.7. The summed E-state index contributed by atoms with van der Waals surface area (Å²) in [6.45, 7) is 1.45. The van der Waals surface area contributed by atoms with Crippen molar-refractivity contribution in [2.75, 3.05) is 18.6 Å². The van der Waals surface area contributed by atoms with Crippen LogP contribution in [0.3, 0.4) is 0 Å². The molecule has 1 aromatic heterocycles. The lowest BCUT2D eigenvalue weighted by molar-refractivity contribution is 0.263. The van der Waals surface area contributed by atoms with E-state index >= 15 is 0 Å². The number of anilines is 1. The summed E-state index contributed by atoms with van der Waals surface area (Å²) in [5, 5.41) is 14.2. The van der Waals surface area contributed by atoms with Crippen molar-refractivity contribution in [2.45, 2.75) is 45.0 Å². The molecule has 1 N–H and O–H groups in total. The van der Waals surface area contributed by atoms with Crippen molar-refractivity contribution in [3.63, 3.8) is 0 Å². The predicted octanol–water partition coefficient (Wildman–Crippen LogP) is 2.66. The van der Waals surface area contributed by atoms with Crippen LogP contribution >= 0.6 is 12.2 Å². The van der Waals surface area contributed by atoms with Crippen molar-refractivity contribution < 1.29 is 9.84 Å². The second-order valence-electron chi connectivity index (χ2n) is 6.43. The minimum atomic E-state index is -0.0763. The van der Waals surface area contributed by atoms with Gasteiger partial charge in [-0.1, -0.05) is 12.1 Å². The van der Waals surface area contributed by atoms with Gasteiger partial charge in [0.05, 0.1) is 12.8 Å². The van der Waals surface area contributed by atoms with Gasteiger partial charge in [-0.05, 0) is 49.5 Å². The molecule has 1 aliphatic carbocycles. The van der Waals surface area contributed by atoms with Crippen LogP contribution in [0, 0.1) is 4.77 Å². The van der Waals surface area contributed by atoms with Crippen LogP contribution in [0.1, 0.15) is 36.7 Å². The zero-order valence-corrected chi connectivity index (χ0v) is 14.6. The van der Waals surface area contributed by atoms with Crippen LogP contribution in [0.2, 0.25) is 0 Å². The van der Waals surface area contributed by atoms with Crippen molar-refractivity contribution in [3.8, 4) is 5.75 Å². The number of para-hydroxylation sites is 1. The van der Waals surface area contributed by atoms with Gasteiger partial charge in [-0.15, -0.1) is 0 Å². The van der Waals surface area contributed by atoms with Gasteiger partial charge in [0.1, 0.15) is 19.0 Å². The summed E-state index contributed by atoms with van der Waals surface area (Å²) in [5.74, 6) is 1.56. The lowest BCUT2D eigenvalue weighted by Crippen LogP contribution is -2.32. The average Bonchev–Trinajstić information content (AvgIpc) is 3.39. The van der Waals surface area contributed by atoms with Crippen LogP contribution in [0.5, 0.6) is 5.75 Å². The zero-order valence-electron chi connectivity index (χ0n) is 13.8. The van der Waals surface area contributed by atoms with E-state index in [1.54, 1.807) is 7.11 Å². The molecule has 2 aromatic rings. The Balaban J connectivity index is 1.70. The van der Waals surface area contributed by atoms with Crippen molar-refractivity contribution in [3.05, 3.63) is 34.4 Å². The Hall–Kier alpha value is -1.86. The molecule has 1 fully saturated rings. The molecule has 4 rings (SSSR count). The number of fused-ring (bicyclic) bond motifs is 1. The second-order valence-corrected chi connectivity index (χ2v) is 6.80. The number of ether oxygens (including phenoxy) is 1. The van der Waals surface area contributed by atoms with E-state index in [9.17, 15) is 5.11 Å². The van der Waals surface area contributed by atoms with Crippen LogP contribution in [0.15, 0.2) is 18.2 Å². The Labute approximate surface area is 146 Å². The fraction of sp³-hybridized carbons (Fsp3) is 0.529. The first-order valence-electron chi connectivity index (χ1n) is 8.43. The lowest BCUT2D eigenvalue weighted by Gasteiger charge is -2.32. The smallest absolute Gasteiger partial charge is 0.199 e. The van der Waals surface area contributed by atoms with Gasteiger partial charge in [0.25, 0.3) is 0 Å². The number of rotatable bonds is 5. The van der Waals surface area contributed by atoms with Gasteiger partial charge in [0, 0.05) is 12.6 Å². The molecule has 0 spiro atoms. The number of aryl methyl sites for hydroxylation is 1. The topological polar surface area (TPSA) is 55.4 Å². The molecule has 128 valence electrons. The van der Waals surface area contributed by atoms with E-state index in [0.717, 1.165) is 43.7 Å². The molecular weight excluding hydrogens is 324 g/mol. The molecule has 1 aromatic carbocycles. The number of aromatic nitrogens is 3. The Kier molecular flexibility index (Phi) is 4.05. The number of aliphatic hydroxyl groups excluding tert-OH is 1. The number of hydrogen-bond donors (Lipinski definition) is 1. The van der Waals surface area contributed by atoms with E-state index in [-0.39, 0.29) is 6.61 Å². The SMILES string of the molecule is COc1cccc2c1N(Cn1nc(CO)n(C3CC3)c1=S)CCC2. The Morgan fingerprint density at radius 2 is 2.21 bits per heavy atom. The molecule has 0 atom stereocenters. The summed E-state index contributed by atoms with van der Waals surface area (Å²) in [6, 6.07) is 6.61. The standard InChI is InChI=1S/C17H22N4O2S/c1-23-14-6-2-4-12-5-3-9-19(16(12)14)11-20-17(24)21(13-7-8-13)15(10-22)18-20/h2,4,6,13,22H,3,5,7-11H2,1H3. The average molecular weight is 346 g/mol. The largest absolute Gasteiger partial charge is 0.495 e. The molecule has 1 aliphatic heterocycles. The van der Waals surface area contributed by atoms with Crippen LogP contribution < -0.4 is 9.64 Å². The fourth-order valence-electron chi connectivity index (χ4n) is 3.53. The number of nitrogens with zero attached hydrogens (tertiary/aromatic N) is 4. The highest BCUT2D eigenvalue weighted by atomic mass is 32.1. The number of methoxy groups -OCH3 is 1. The van der Waals surface area contributed by atoms with E-state index in [1.165, 1.54) is 5.56 Å². The van der Waals surface area contributed by atoms with Crippen LogP contribution in [0.25, 0.3) is 0 Å². The zero-order chi connectivity index (χ0) is 16.7. The van der Waals surface area contributed by atoms with Gasteiger partial charge in [0.2, 0.25) is 0 Å². The third-order valence-electron chi connectivity index (χ3n) is 4.79. The lowest BCUT2D eigenvalue weighted by atomic mass is 10.0. The number of aliphatic hydroxyl groups is 1. The summed E-state index contributed by atoms with van der Waals surface area (Å²) in [4.78, 5) is 2.28. The third kappa shape index (κ3) is 2.61. The van der Waals surface area contributed by atoms with E-state index in [0.29, 0.717) is 23.3 Å². The van der Waals surface area contributed by atoms with E-state index in [1.807, 2.05) is 21.4 Å². The monoisotopic (exact) mass is 346 g/mol. The minimum Gasteiger partial charge on any atom is -0.495 e. The van der Waals surface area contributed by atoms with Crippen LogP contribution in [-0.4, -0.2) is 33.1 Å². The van der Waals surface area contributed by atoms with Gasteiger partial charge in [-0.3, -0.25) is 4.57 Å². The van der Waals surface area contributed by atoms with Gasteiger partial charge < -0.3 is 14.7 Å². The molecular formula is C17H22N4O2S. The quantitative estimate of drug-likeness (QED) is 0.844. The van der Waals surface area contributed by atoms with E-state index in [2.05, 4.69) is 16.1 Å². The molecule has 2 heterocycles. The first-order chi connectivity index (χ1) is 11.7. The van der Waals surface area contributed by atoms with Crippen LogP contribution in [0.4, 0.5) is 5.69 Å². The Morgan fingerprint density at radius 1 is 1.38 bits per heavy atom. The molecule has 6 nitrogen and oxygen atoms in total. The Morgan fingerprint density at radius 3 is 2.92 bits per heavy atom. The highest BCUT2D eigenvalue weighted by Crippen LogP contribution is 2.38. The van der Waals surface area contributed by atoms with Crippen molar-refractivity contribution in [1.82, 2.24) is 14.3 Å². The number of benzene rings is 1. The minimum absolute atomic E-state index is 0.0763. The third-order valence-corrected chi connectivity index (χ3v) is 5.20. The maximum absolute atomic E-state index is 9.60. The van der Waals surface area contributed by atoms with Crippen molar-refractivity contribution in [1.29, 1.82) is 0 Å². The van der Waals surface area contributed by atoms with Crippen molar-refractivity contribution >= 4 is 17.9 Å². The molecule has 0 bridgehead atoms. The Bertz CT molecular complexity index is 795. The van der Waals surface area contributed by atoms with E-state index < -0.39 is 0 Å². The maximum Gasteiger partial charge on any atom is 0.199 e. The van der Waals surface area contributed by atoms with Crippen molar-refractivity contribution in [2.24, 2.45) is 0 Å².